The Bertz CT molecular complexity index is 740. The molecule has 5 nitrogen and oxygen atoms in total. The Morgan fingerprint density at radius 3 is 2.18 bits per heavy atom. The first-order chi connectivity index (χ1) is 13.6. The molecule has 0 aromatic heterocycles. The Morgan fingerprint density at radius 1 is 0.964 bits per heavy atom. The van der Waals surface area contributed by atoms with Crippen molar-refractivity contribution in [2.45, 2.75) is 33.2 Å². The maximum absolute atomic E-state index is 12.3. The van der Waals surface area contributed by atoms with E-state index in [-0.39, 0.29) is 24.3 Å². The zero-order valence-electron chi connectivity index (χ0n) is 17.0. The maximum Gasteiger partial charge on any atom is 0.258 e. The Kier molecular flexibility index (Phi) is 8.69. The van der Waals surface area contributed by atoms with Gasteiger partial charge in [-0.1, -0.05) is 51.1 Å². The van der Waals surface area contributed by atoms with Gasteiger partial charge in [0.2, 0.25) is 0 Å². The summed E-state index contributed by atoms with van der Waals surface area (Å²) in [5.74, 6) is 0.501. The number of hydrogen-bond donors (Lipinski definition) is 1. The third kappa shape index (κ3) is 6.20. The number of nitrogens with one attached hydrogen (secondary N) is 1. The van der Waals surface area contributed by atoms with E-state index in [0.717, 1.165) is 13.1 Å². The first kappa shape index (κ1) is 21.6. The molecule has 5 heteroatoms. The molecule has 0 fully saturated rings. The van der Waals surface area contributed by atoms with E-state index in [1.807, 2.05) is 25.1 Å². The minimum Gasteiger partial charge on any atom is -0.484 e. The summed E-state index contributed by atoms with van der Waals surface area (Å²) in [5.41, 5.74) is 1.84. The Labute approximate surface area is 167 Å². The zero-order chi connectivity index (χ0) is 20.4. The predicted octanol–water partition coefficient (Wildman–Crippen LogP) is 3.86. The number of likely N-dealkylation sites (N-methyl/N-ethyl adjacent to an activating group) is 1. The monoisotopic (exact) mass is 382 g/mol. The number of carbonyl (C=O) groups excluding carboxylic acids is 2. The highest BCUT2D eigenvalue weighted by atomic mass is 16.5. The molecular formula is C23H30N2O3. The van der Waals surface area contributed by atoms with Gasteiger partial charge in [0, 0.05) is 18.5 Å². The van der Waals surface area contributed by atoms with Crippen molar-refractivity contribution in [1.29, 1.82) is 0 Å². The van der Waals surface area contributed by atoms with Gasteiger partial charge in [-0.3, -0.25) is 14.5 Å². The number of nitrogens with zero attached hydrogens (tertiary/aromatic N) is 1. The number of ether oxygens (including phenoxy) is 1. The van der Waals surface area contributed by atoms with Crippen LogP contribution in [0, 0.1) is 0 Å². The largest absolute Gasteiger partial charge is 0.484 e. The van der Waals surface area contributed by atoms with Gasteiger partial charge in [-0.05, 0) is 42.9 Å². The van der Waals surface area contributed by atoms with Crippen LogP contribution in [-0.4, -0.2) is 42.8 Å². The minimum atomic E-state index is -0.165. The van der Waals surface area contributed by atoms with Gasteiger partial charge < -0.3 is 10.1 Å². The molecule has 0 saturated heterocycles. The van der Waals surface area contributed by atoms with E-state index in [0.29, 0.717) is 24.3 Å². The molecule has 1 amide bonds. The van der Waals surface area contributed by atoms with Crippen LogP contribution in [0.4, 0.5) is 0 Å². The number of carbonyl (C=O) groups is 2. The van der Waals surface area contributed by atoms with Crippen molar-refractivity contribution in [3.63, 3.8) is 0 Å². The van der Waals surface area contributed by atoms with Crippen LogP contribution in [0.5, 0.6) is 5.75 Å². The Hall–Kier alpha value is -2.66. The summed E-state index contributed by atoms with van der Waals surface area (Å²) in [6.45, 7) is 8.36. The van der Waals surface area contributed by atoms with Gasteiger partial charge in [-0.15, -0.1) is 0 Å². The maximum atomic E-state index is 12.3. The summed E-state index contributed by atoms with van der Waals surface area (Å²) < 4.78 is 5.55. The lowest BCUT2D eigenvalue weighted by molar-refractivity contribution is -0.123. The molecular weight excluding hydrogens is 352 g/mol. The molecule has 2 aromatic carbocycles. The summed E-state index contributed by atoms with van der Waals surface area (Å²) in [6, 6.07) is 17.2. The number of benzene rings is 2. The first-order valence-electron chi connectivity index (χ1n) is 9.90. The molecule has 1 N–H and O–H groups in total. The first-order valence-corrected chi connectivity index (χ1v) is 9.90. The zero-order valence-corrected chi connectivity index (χ0v) is 17.0. The summed E-state index contributed by atoms with van der Waals surface area (Å²) >= 11 is 0. The van der Waals surface area contributed by atoms with Gasteiger partial charge in [0.25, 0.3) is 5.91 Å². The van der Waals surface area contributed by atoms with Crippen LogP contribution in [-0.2, 0) is 4.79 Å². The molecule has 1 atom stereocenters. The number of rotatable bonds is 11. The molecule has 0 aliphatic carbocycles. The van der Waals surface area contributed by atoms with Crippen LogP contribution in [0.2, 0.25) is 0 Å². The SMILES string of the molecule is CCC(=O)c1ccc(OCC(=O)NC[C@@H](c2ccccc2)N(CC)CC)cc1. The van der Waals surface area contributed by atoms with E-state index in [1.54, 1.807) is 24.3 Å². The third-order valence-electron chi connectivity index (χ3n) is 4.80. The van der Waals surface area contributed by atoms with E-state index in [9.17, 15) is 9.59 Å². The van der Waals surface area contributed by atoms with Crippen molar-refractivity contribution in [2.75, 3.05) is 26.2 Å². The molecule has 28 heavy (non-hydrogen) atoms. The molecule has 150 valence electrons. The minimum absolute atomic E-state index is 0.0547. The molecule has 0 spiro atoms. The second kappa shape index (κ2) is 11.2. The number of Topliss-reactive ketones (excluding diaryl/α,β-unsaturated/α-hetero) is 1. The Morgan fingerprint density at radius 2 is 1.61 bits per heavy atom. The fraction of sp³-hybridized carbons (Fsp3) is 0.391. The van der Waals surface area contributed by atoms with Gasteiger partial charge in [-0.25, -0.2) is 0 Å². The average molecular weight is 383 g/mol. The molecule has 2 rings (SSSR count). The van der Waals surface area contributed by atoms with Gasteiger partial charge in [-0.2, -0.15) is 0 Å². The highest BCUT2D eigenvalue weighted by Crippen LogP contribution is 2.19. The second-order valence-corrected chi connectivity index (χ2v) is 6.54. The fourth-order valence-electron chi connectivity index (χ4n) is 3.15. The molecule has 0 saturated carbocycles. The molecule has 0 unspecified atom stereocenters. The van der Waals surface area contributed by atoms with E-state index in [2.05, 4.69) is 36.2 Å². The van der Waals surface area contributed by atoms with Crippen molar-refractivity contribution in [3.05, 3.63) is 65.7 Å². The summed E-state index contributed by atoms with van der Waals surface area (Å²) in [7, 11) is 0. The van der Waals surface area contributed by atoms with Crippen molar-refractivity contribution >= 4 is 11.7 Å². The van der Waals surface area contributed by atoms with Crippen LogP contribution in [0.15, 0.2) is 54.6 Å². The number of hydrogen-bond acceptors (Lipinski definition) is 4. The molecule has 0 bridgehead atoms. The molecule has 0 aliphatic heterocycles. The standard InChI is InChI=1S/C23H30N2O3/c1-4-22(26)19-12-14-20(15-13-19)28-17-23(27)24-16-21(25(5-2)6-3)18-10-8-7-9-11-18/h7-15,21H,4-6,16-17H2,1-3H3,(H,24,27)/t21-/m0/s1. The van der Waals surface area contributed by atoms with Crippen LogP contribution in [0.3, 0.4) is 0 Å². The molecule has 0 heterocycles. The molecule has 2 aromatic rings. The topological polar surface area (TPSA) is 58.6 Å². The Balaban J connectivity index is 1.89. The van der Waals surface area contributed by atoms with Gasteiger partial charge in [0.05, 0.1) is 6.04 Å². The average Bonchev–Trinajstić information content (AvgIpc) is 2.75. The van der Waals surface area contributed by atoms with Crippen molar-refractivity contribution in [1.82, 2.24) is 10.2 Å². The fourth-order valence-corrected chi connectivity index (χ4v) is 3.15. The number of amides is 1. The lowest BCUT2D eigenvalue weighted by Crippen LogP contribution is -2.39. The van der Waals surface area contributed by atoms with E-state index < -0.39 is 0 Å². The van der Waals surface area contributed by atoms with Crippen molar-refractivity contribution < 1.29 is 14.3 Å². The highest BCUT2D eigenvalue weighted by molar-refractivity contribution is 5.95. The highest BCUT2D eigenvalue weighted by Gasteiger charge is 2.18. The van der Waals surface area contributed by atoms with Gasteiger partial charge in [0.15, 0.2) is 12.4 Å². The second-order valence-electron chi connectivity index (χ2n) is 6.54. The van der Waals surface area contributed by atoms with E-state index in [4.69, 9.17) is 4.74 Å². The smallest absolute Gasteiger partial charge is 0.258 e. The number of ketones is 1. The van der Waals surface area contributed by atoms with E-state index >= 15 is 0 Å². The summed E-state index contributed by atoms with van der Waals surface area (Å²) in [5, 5.41) is 2.98. The summed E-state index contributed by atoms with van der Waals surface area (Å²) in [6.07, 6.45) is 0.470. The van der Waals surface area contributed by atoms with Crippen LogP contribution < -0.4 is 10.1 Å². The van der Waals surface area contributed by atoms with Crippen molar-refractivity contribution in [3.8, 4) is 5.75 Å². The van der Waals surface area contributed by atoms with Gasteiger partial charge >= 0.3 is 0 Å². The van der Waals surface area contributed by atoms with Gasteiger partial charge in [0.1, 0.15) is 5.75 Å². The van der Waals surface area contributed by atoms with E-state index in [1.165, 1.54) is 5.56 Å². The summed E-state index contributed by atoms with van der Waals surface area (Å²) in [4.78, 5) is 26.2. The molecule has 0 radical (unpaired) electrons. The predicted molar refractivity (Wildman–Crippen MR) is 112 cm³/mol. The van der Waals surface area contributed by atoms with Crippen LogP contribution >= 0.6 is 0 Å². The quantitative estimate of drug-likeness (QED) is 0.600. The lowest BCUT2D eigenvalue weighted by atomic mass is 10.1. The third-order valence-corrected chi connectivity index (χ3v) is 4.80. The van der Waals surface area contributed by atoms with Crippen LogP contribution in [0.25, 0.3) is 0 Å². The lowest BCUT2D eigenvalue weighted by Gasteiger charge is -2.30. The normalized spacial score (nSPS) is 11.9. The van der Waals surface area contributed by atoms with Crippen molar-refractivity contribution in [2.24, 2.45) is 0 Å². The van der Waals surface area contributed by atoms with Crippen LogP contribution in [0.1, 0.15) is 49.2 Å². The molecule has 0 aliphatic rings.